The summed E-state index contributed by atoms with van der Waals surface area (Å²) in [4.78, 5) is 28.6. The Morgan fingerprint density at radius 1 is 0.828 bits per heavy atom. The predicted molar refractivity (Wildman–Crippen MR) is 101 cm³/mol. The number of halogens is 3. The molecule has 1 aliphatic heterocycles. The third kappa shape index (κ3) is 4.52. The molecule has 29 heavy (non-hydrogen) atoms. The number of carbonyl (C=O) groups is 2. The lowest BCUT2D eigenvalue weighted by Gasteiger charge is -2.24. The molecule has 2 aromatic rings. The third-order valence-electron chi connectivity index (χ3n) is 4.87. The normalized spacial score (nSPS) is 15.0. The molecule has 2 amide bonds. The molecule has 0 aliphatic carbocycles. The number of nitrogens with zero attached hydrogens (tertiary/aromatic N) is 2. The molecule has 8 heteroatoms. The summed E-state index contributed by atoms with van der Waals surface area (Å²) < 4.78 is 45.0. The molecule has 3 rings (SSSR count). The summed E-state index contributed by atoms with van der Waals surface area (Å²) >= 11 is 0. The molecular weight excluding hydrogens is 385 g/mol. The number of para-hydroxylation sites is 1. The van der Waals surface area contributed by atoms with Crippen LogP contribution in [0.4, 0.5) is 13.2 Å². The number of amides is 2. The van der Waals surface area contributed by atoms with E-state index in [1.165, 1.54) is 30.2 Å². The molecule has 154 valence electrons. The molecule has 1 saturated heterocycles. The average Bonchev–Trinajstić information content (AvgIpc) is 2.98. The van der Waals surface area contributed by atoms with Crippen LogP contribution in [0.15, 0.2) is 48.5 Å². The van der Waals surface area contributed by atoms with E-state index in [2.05, 4.69) is 0 Å². The van der Waals surface area contributed by atoms with Gasteiger partial charge in [0.1, 0.15) is 5.75 Å². The van der Waals surface area contributed by atoms with E-state index in [4.69, 9.17) is 4.74 Å². The van der Waals surface area contributed by atoms with Gasteiger partial charge in [0.25, 0.3) is 11.8 Å². The lowest BCUT2D eigenvalue weighted by atomic mass is 10.1. The second-order valence-corrected chi connectivity index (χ2v) is 6.68. The number of carbonyl (C=O) groups excluding carboxylic acids is 2. The van der Waals surface area contributed by atoms with Crippen molar-refractivity contribution in [3.63, 3.8) is 0 Å². The van der Waals surface area contributed by atoms with Crippen LogP contribution in [0.3, 0.4) is 0 Å². The van der Waals surface area contributed by atoms with Crippen molar-refractivity contribution in [1.82, 2.24) is 9.80 Å². The monoisotopic (exact) mass is 406 g/mol. The van der Waals surface area contributed by atoms with Crippen LogP contribution in [0.25, 0.3) is 0 Å². The lowest BCUT2D eigenvalue weighted by molar-refractivity contribution is -0.138. The molecule has 0 unspecified atom stereocenters. The maximum Gasteiger partial charge on any atom is 0.417 e. The maximum atomic E-state index is 13.2. The molecule has 0 aromatic heterocycles. The van der Waals surface area contributed by atoms with Gasteiger partial charge in [0.05, 0.1) is 23.8 Å². The van der Waals surface area contributed by atoms with Crippen LogP contribution < -0.4 is 4.74 Å². The molecular formula is C21H21F3N2O3. The van der Waals surface area contributed by atoms with Crippen molar-refractivity contribution in [1.29, 1.82) is 0 Å². The molecule has 0 bridgehead atoms. The second-order valence-electron chi connectivity index (χ2n) is 6.68. The molecule has 5 nitrogen and oxygen atoms in total. The quantitative estimate of drug-likeness (QED) is 0.781. The van der Waals surface area contributed by atoms with Crippen molar-refractivity contribution < 1.29 is 27.5 Å². The molecule has 0 atom stereocenters. The van der Waals surface area contributed by atoms with E-state index in [1.807, 2.05) is 0 Å². The Morgan fingerprint density at radius 2 is 1.34 bits per heavy atom. The molecule has 1 aliphatic rings. The van der Waals surface area contributed by atoms with Crippen LogP contribution in [-0.2, 0) is 6.18 Å². The van der Waals surface area contributed by atoms with Gasteiger partial charge in [-0.15, -0.1) is 0 Å². The smallest absolute Gasteiger partial charge is 0.417 e. The summed E-state index contributed by atoms with van der Waals surface area (Å²) in [6.45, 7) is 1.07. The zero-order chi connectivity index (χ0) is 21.0. The Bertz CT molecular complexity index is 899. The summed E-state index contributed by atoms with van der Waals surface area (Å²) in [6.07, 6.45) is -4.13. The van der Waals surface area contributed by atoms with Gasteiger partial charge >= 0.3 is 6.18 Å². The number of hydrogen-bond acceptors (Lipinski definition) is 3. The summed E-state index contributed by atoms with van der Waals surface area (Å²) in [5.74, 6) is -0.453. The molecule has 0 saturated carbocycles. The number of rotatable bonds is 3. The maximum absolute atomic E-state index is 13.2. The van der Waals surface area contributed by atoms with E-state index in [0.717, 1.165) is 6.07 Å². The highest BCUT2D eigenvalue weighted by Crippen LogP contribution is 2.32. The van der Waals surface area contributed by atoms with E-state index in [-0.39, 0.29) is 31.1 Å². The Hall–Kier alpha value is -3.03. The van der Waals surface area contributed by atoms with Gasteiger partial charge < -0.3 is 14.5 Å². The Labute approximate surface area is 166 Å². The molecule has 0 N–H and O–H groups in total. The first-order valence-corrected chi connectivity index (χ1v) is 9.20. The SMILES string of the molecule is COc1ccccc1C(=O)N1CCCN(C(=O)c2ccccc2C(F)(F)F)CC1. The summed E-state index contributed by atoms with van der Waals surface area (Å²) in [6, 6.07) is 11.6. The number of benzene rings is 2. The van der Waals surface area contributed by atoms with Crippen LogP contribution in [0.2, 0.25) is 0 Å². The summed E-state index contributed by atoms with van der Waals surface area (Å²) in [5.41, 5.74) is -0.905. The van der Waals surface area contributed by atoms with Crippen LogP contribution in [-0.4, -0.2) is 54.9 Å². The Morgan fingerprint density at radius 3 is 1.93 bits per heavy atom. The molecule has 0 spiro atoms. The van der Waals surface area contributed by atoms with Gasteiger partial charge in [-0.3, -0.25) is 9.59 Å². The lowest BCUT2D eigenvalue weighted by Crippen LogP contribution is -2.38. The van der Waals surface area contributed by atoms with Crippen molar-refractivity contribution in [2.24, 2.45) is 0 Å². The van der Waals surface area contributed by atoms with E-state index in [9.17, 15) is 22.8 Å². The first-order chi connectivity index (χ1) is 13.8. The van der Waals surface area contributed by atoms with Gasteiger partial charge in [-0.05, 0) is 30.7 Å². The van der Waals surface area contributed by atoms with Crippen LogP contribution >= 0.6 is 0 Å². The van der Waals surface area contributed by atoms with Gasteiger partial charge in [-0.25, -0.2) is 0 Å². The van der Waals surface area contributed by atoms with Crippen molar-refractivity contribution in [2.45, 2.75) is 12.6 Å². The van der Waals surface area contributed by atoms with Crippen molar-refractivity contribution >= 4 is 11.8 Å². The molecule has 1 fully saturated rings. The predicted octanol–water partition coefficient (Wildman–Crippen LogP) is 3.70. The largest absolute Gasteiger partial charge is 0.496 e. The van der Waals surface area contributed by atoms with E-state index < -0.39 is 17.6 Å². The third-order valence-corrected chi connectivity index (χ3v) is 4.87. The van der Waals surface area contributed by atoms with Gasteiger partial charge in [0.2, 0.25) is 0 Å². The van der Waals surface area contributed by atoms with Gasteiger partial charge in [0, 0.05) is 26.2 Å². The van der Waals surface area contributed by atoms with Gasteiger partial charge in [0.15, 0.2) is 0 Å². The summed E-state index contributed by atoms with van der Waals surface area (Å²) in [5, 5.41) is 0. The zero-order valence-corrected chi connectivity index (χ0v) is 15.9. The number of methoxy groups -OCH3 is 1. The minimum absolute atomic E-state index is 0.159. The first-order valence-electron chi connectivity index (χ1n) is 9.20. The Kier molecular flexibility index (Phi) is 6.10. The van der Waals surface area contributed by atoms with Crippen LogP contribution in [0.5, 0.6) is 5.75 Å². The van der Waals surface area contributed by atoms with E-state index in [0.29, 0.717) is 24.3 Å². The second kappa shape index (κ2) is 8.55. The number of ether oxygens (including phenoxy) is 1. The summed E-state index contributed by atoms with van der Waals surface area (Å²) in [7, 11) is 1.48. The van der Waals surface area contributed by atoms with Crippen molar-refractivity contribution in [3.8, 4) is 5.75 Å². The zero-order valence-electron chi connectivity index (χ0n) is 15.9. The highest BCUT2D eigenvalue weighted by Gasteiger charge is 2.36. The molecule has 2 aromatic carbocycles. The van der Waals surface area contributed by atoms with E-state index in [1.54, 1.807) is 29.2 Å². The topological polar surface area (TPSA) is 49.9 Å². The van der Waals surface area contributed by atoms with E-state index >= 15 is 0 Å². The number of hydrogen-bond donors (Lipinski definition) is 0. The Balaban J connectivity index is 1.75. The van der Waals surface area contributed by atoms with Crippen LogP contribution in [0, 0.1) is 0 Å². The number of alkyl halides is 3. The van der Waals surface area contributed by atoms with Gasteiger partial charge in [-0.1, -0.05) is 24.3 Å². The fourth-order valence-corrected chi connectivity index (χ4v) is 3.40. The first kappa shape index (κ1) is 20.7. The molecule has 1 heterocycles. The van der Waals surface area contributed by atoms with Crippen LogP contribution in [0.1, 0.15) is 32.7 Å². The average molecular weight is 406 g/mol. The fraction of sp³-hybridized carbons (Fsp3) is 0.333. The van der Waals surface area contributed by atoms with Crippen molar-refractivity contribution in [2.75, 3.05) is 33.3 Å². The fourth-order valence-electron chi connectivity index (χ4n) is 3.40. The minimum Gasteiger partial charge on any atom is -0.496 e. The van der Waals surface area contributed by atoms with Crippen molar-refractivity contribution in [3.05, 3.63) is 65.2 Å². The standard InChI is InChI=1S/C21H21F3N2O3/c1-29-18-10-5-3-8-16(18)20(28)26-12-6-11-25(13-14-26)19(27)15-7-2-4-9-17(15)21(22,23)24/h2-5,7-10H,6,11-14H2,1H3. The minimum atomic E-state index is -4.61. The highest BCUT2D eigenvalue weighted by molar-refractivity contribution is 5.97. The highest BCUT2D eigenvalue weighted by atomic mass is 19.4. The molecule has 0 radical (unpaired) electrons. The van der Waals surface area contributed by atoms with Gasteiger partial charge in [-0.2, -0.15) is 13.2 Å².